The van der Waals surface area contributed by atoms with Crippen LogP contribution in [0.25, 0.3) is 0 Å². The van der Waals surface area contributed by atoms with Crippen LogP contribution in [-0.4, -0.2) is 27.9 Å². The SMILES string of the molecule is C[C@@H]1NC(c2ncsn2)CNC1=O. The van der Waals surface area contributed by atoms with Crippen molar-refractivity contribution in [2.45, 2.75) is 19.0 Å². The highest BCUT2D eigenvalue weighted by atomic mass is 32.1. The number of aromatic nitrogens is 2. The molecular weight excluding hydrogens is 188 g/mol. The Kier molecular flexibility index (Phi) is 2.24. The van der Waals surface area contributed by atoms with E-state index in [1.54, 1.807) is 5.51 Å². The minimum atomic E-state index is -0.165. The number of hydrogen-bond acceptors (Lipinski definition) is 5. The highest BCUT2D eigenvalue weighted by molar-refractivity contribution is 7.03. The van der Waals surface area contributed by atoms with Crippen molar-refractivity contribution >= 4 is 17.4 Å². The molecule has 1 aromatic rings. The highest BCUT2D eigenvalue weighted by Gasteiger charge is 2.26. The molecule has 5 nitrogen and oxygen atoms in total. The van der Waals surface area contributed by atoms with E-state index >= 15 is 0 Å². The van der Waals surface area contributed by atoms with Crippen LogP contribution in [0.15, 0.2) is 5.51 Å². The van der Waals surface area contributed by atoms with Crippen LogP contribution in [0.3, 0.4) is 0 Å². The van der Waals surface area contributed by atoms with Crippen LogP contribution in [0.1, 0.15) is 18.8 Å². The van der Waals surface area contributed by atoms with Crippen molar-refractivity contribution in [2.24, 2.45) is 0 Å². The first-order chi connectivity index (χ1) is 6.27. The molecule has 1 aliphatic heterocycles. The Morgan fingerprint density at radius 2 is 2.54 bits per heavy atom. The Morgan fingerprint density at radius 1 is 1.69 bits per heavy atom. The Balaban J connectivity index is 2.07. The first-order valence-corrected chi connectivity index (χ1v) is 4.91. The molecular formula is C7H10N4OS. The van der Waals surface area contributed by atoms with Gasteiger partial charge < -0.3 is 5.32 Å². The number of hydrogen-bond donors (Lipinski definition) is 2. The van der Waals surface area contributed by atoms with E-state index in [2.05, 4.69) is 20.0 Å². The molecule has 1 amide bonds. The topological polar surface area (TPSA) is 66.9 Å². The molecule has 0 spiro atoms. The summed E-state index contributed by atoms with van der Waals surface area (Å²) in [6, 6.07) is -0.110. The predicted molar refractivity (Wildman–Crippen MR) is 48.3 cm³/mol. The molecule has 13 heavy (non-hydrogen) atoms. The molecule has 0 radical (unpaired) electrons. The summed E-state index contributed by atoms with van der Waals surface area (Å²) in [5.74, 6) is 0.795. The summed E-state index contributed by atoms with van der Waals surface area (Å²) in [6.07, 6.45) is 0. The molecule has 6 heteroatoms. The third-order valence-electron chi connectivity index (χ3n) is 2.01. The lowest BCUT2D eigenvalue weighted by molar-refractivity contribution is -0.124. The average molecular weight is 198 g/mol. The van der Waals surface area contributed by atoms with Gasteiger partial charge in [0.1, 0.15) is 5.51 Å². The Hall–Kier alpha value is -1.01. The van der Waals surface area contributed by atoms with Crippen LogP contribution in [0.4, 0.5) is 0 Å². The molecule has 0 bridgehead atoms. The minimum Gasteiger partial charge on any atom is -0.353 e. The van der Waals surface area contributed by atoms with Crippen LogP contribution < -0.4 is 10.6 Å². The second-order valence-corrected chi connectivity index (χ2v) is 3.58. The van der Waals surface area contributed by atoms with E-state index in [9.17, 15) is 4.79 Å². The standard InChI is InChI=1S/C7H10N4OS/c1-4-7(12)8-2-5(10-4)6-9-3-13-11-6/h3-5,10H,2H2,1H3,(H,8,12)/t4-,5?/m0/s1. The molecule has 2 heterocycles. The third kappa shape index (κ3) is 1.68. The van der Waals surface area contributed by atoms with Gasteiger partial charge in [-0.05, 0) is 18.5 Å². The van der Waals surface area contributed by atoms with Gasteiger partial charge in [-0.3, -0.25) is 10.1 Å². The molecule has 1 fully saturated rings. The number of rotatable bonds is 1. The minimum absolute atomic E-state index is 0.0338. The number of carbonyl (C=O) groups is 1. The average Bonchev–Trinajstić information content (AvgIpc) is 2.62. The Morgan fingerprint density at radius 3 is 3.15 bits per heavy atom. The smallest absolute Gasteiger partial charge is 0.236 e. The van der Waals surface area contributed by atoms with Crippen LogP contribution in [0.5, 0.6) is 0 Å². The zero-order valence-electron chi connectivity index (χ0n) is 7.15. The lowest BCUT2D eigenvalue weighted by Gasteiger charge is -2.26. The van der Waals surface area contributed by atoms with Gasteiger partial charge in [-0.15, -0.1) is 0 Å². The molecule has 0 aliphatic carbocycles. The number of piperazine rings is 1. The lowest BCUT2D eigenvalue weighted by atomic mass is 10.1. The molecule has 1 unspecified atom stereocenters. The normalized spacial score (nSPS) is 28.5. The highest BCUT2D eigenvalue weighted by Crippen LogP contribution is 2.11. The monoisotopic (exact) mass is 198 g/mol. The molecule has 1 aliphatic rings. The summed E-state index contributed by atoms with van der Waals surface area (Å²) < 4.78 is 4.12. The molecule has 0 aromatic carbocycles. The summed E-state index contributed by atoms with van der Waals surface area (Å²) >= 11 is 1.32. The summed E-state index contributed by atoms with van der Waals surface area (Å²) in [6.45, 7) is 2.40. The number of nitrogens with one attached hydrogen (secondary N) is 2. The van der Waals surface area contributed by atoms with E-state index in [1.165, 1.54) is 11.5 Å². The Bertz CT molecular complexity index is 299. The van der Waals surface area contributed by atoms with Gasteiger partial charge >= 0.3 is 0 Å². The maximum Gasteiger partial charge on any atom is 0.236 e. The van der Waals surface area contributed by atoms with E-state index < -0.39 is 0 Å². The van der Waals surface area contributed by atoms with Gasteiger partial charge in [-0.25, -0.2) is 4.98 Å². The predicted octanol–water partition coefficient (Wildman–Crippen LogP) is -0.313. The van der Waals surface area contributed by atoms with Crippen molar-refractivity contribution in [3.63, 3.8) is 0 Å². The van der Waals surface area contributed by atoms with Crippen LogP contribution in [0.2, 0.25) is 0 Å². The number of nitrogens with zero attached hydrogens (tertiary/aromatic N) is 2. The fourth-order valence-corrected chi connectivity index (χ4v) is 1.77. The number of carbonyl (C=O) groups excluding carboxylic acids is 1. The molecule has 2 N–H and O–H groups in total. The van der Waals surface area contributed by atoms with Crippen molar-refractivity contribution in [1.29, 1.82) is 0 Å². The second kappa shape index (κ2) is 3.39. The summed E-state index contributed by atoms with van der Waals surface area (Å²) in [4.78, 5) is 15.2. The van der Waals surface area contributed by atoms with Crippen LogP contribution >= 0.6 is 11.5 Å². The van der Waals surface area contributed by atoms with Crippen molar-refractivity contribution < 1.29 is 4.79 Å². The maximum absolute atomic E-state index is 11.1. The zero-order valence-corrected chi connectivity index (χ0v) is 7.97. The van der Waals surface area contributed by atoms with E-state index in [0.29, 0.717) is 6.54 Å². The van der Waals surface area contributed by atoms with Crippen molar-refractivity contribution in [2.75, 3.05) is 6.54 Å². The molecule has 2 rings (SSSR count). The Labute approximate surface area is 79.7 Å². The van der Waals surface area contributed by atoms with Gasteiger partial charge in [0.15, 0.2) is 5.82 Å². The van der Waals surface area contributed by atoms with Crippen molar-refractivity contribution in [1.82, 2.24) is 20.0 Å². The van der Waals surface area contributed by atoms with Gasteiger partial charge in [-0.1, -0.05) is 0 Å². The summed E-state index contributed by atoms with van der Waals surface area (Å²) in [5, 5.41) is 5.93. The molecule has 70 valence electrons. The van der Waals surface area contributed by atoms with E-state index in [4.69, 9.17) is 0 Å². The maximum atomic E-state index is 11.1. The van der Waals surface area contributed by atoms with Gasteiger partial charge in [-0.2, -0.15) is 4.37 Å². The van der Waals surface area contributed by atoms with Gasteiger partial charge in [0.25, 0.3) is 0 Å². The van der Waals surface area contributed by atoms with E-state index in [0.717, 1.165) is 5.82 Å². The lowest BCUT2D eigenvalue weighted by Crippen LogP contribution is -2.53. The summed E-state index contributed by atoms with van der Waals surface area (Å²) in [7, 11) is 0. The third-order valence-corrected chi connectivity index (χ3v) is 2.51. The van der Waals surface area contributed by atoms with Gasteiger partial charge in [0.05, 0.1) is 12.1 Å². The molecule has 1 aromatic heterocycles. The largest absolute Gasteiger partial charge is 0.353 e. The quantitative estimate of drug-likeness (QED) is 0.649. The van der Waals surface area contributed by atoms with Gasteiger partial charge in [0, 0.05) is 6.54 Å². The van der Waals surface area contributed by atoms with Crippen LogP contribution in [-0.2, 0) is 4.79 Å². The van der Waals surface area contributed by atoms with Crippen LogP contribution in [0, 0.1) is 0 Å². The van der Waals surface area contributed by atoms with Crippen molar-refractivity contribution in [3.8, 4) is 0 Å². The second-order valence-electron chi connectivity index (χ2n) is 2.98. The van der Waals surface area contributed by atoms with E-state index in [-0.39, 0.29) is 18.0 Å². The summed E-state index contributed by atoms with van der Waals surface area (Å²) in [5.41, 5.74) is 1.69. The number of amides is 1. The zero-order chi connectivity index (χ0) is 9.26. The molecule has 0 saturated carbocycles. The first-order valence-electron chi connectivity index (χ1n) is 4.07. The first kappa shape index (κ1) is 8.58. The van der Waals surface area contributed by atoms with Gasteiger partial charge in [0.2, 0.25) is 5.91 Å². The van der Waals surface area contributed by atoms with Crippen molar-refractivity contribution in [3.05, 3.63) is 11.3 Å². The fraction of sp³-hybridized carbons (Fsp3) is 0.571. The fourth-order valence-electron chi connectivity index (χ4n) is 1.29. The van der Waals surface area contributed by atoms with E-state index in [1.807, 2.05) is 6.92 Å². The molecule has 2 atom stereocenters. The molecule has 1 saturated heterocycles.